The van der Waals surface area contributed by atoms with Crippen molar-refractivity contribution in [3.05, 3.63) is 29.3 Å². The fraction of sp³-hybridized carbons (Fsp3) is 0.364. The van der Waals surface area contributed by atoms with Gasteiger partial charge in [-0.15, -0.1) is 0 Å². The number of benzene rings is 1. The Balaban J connectivity index is 3.10. The van der Waals surface area contributed by atoms with E-state index in [1.54, 1.807) is 6.92 Å². The van der Waals surface area contributed by atoms with Crippen LogP contribution in [0.3, 0.4) is 0 Å². The molecule has 0 radical (unpaired) electrons. The van der Waals surface area contributed by atoms with Crippen molar-refractivity contribution in [3.63, 3.8) is 0 Å². The minimum absolute atomic E-state index is 0.0532. The zero-order valence-corrected chi connectivity index (χ0v) is 11.0. The normalized spacial score (nSPS) is 13.3. The molecule has 4 N–H and O–H groups in total. The zero-order chi connectivity index (χ0) is 13.9. The van der Waals surface area contributed by atoms with Crippen molar-refractivity contribution in [3.8, 4) is 0 Å². The molecule has 0 bridgehead atoms. The molecule has 18 heavy (non-hydrogen) atoms. The predicted molar refractivity (Wildman–Crippen MR) is 66.6 cm³/mol. The molecule has 1 aromatic rings. The van der Waals surface area contributed by atoms with Gasteiger partial charge in [-0.3, -0.25) is 4.79 Å². The molecule has 0 aromatic heterocycles. The number of hydrogen-bond acceptors (Lipinski definition) is 4. The van der Waals surface area contributed by atoms with Gasteiger partial charge in [0.2, 0.25) is 15.9 Å². The molecule has 0 aliphatic carbocycles. The summed E-state index contributed by atoms with van der Waals surface area (Å²) in [5.41, 5.74) is 5.93. The van der Waals surface area contributed by atoms with Crippen molar-refractivity contribution >= 4 is 15.9 Å². The van der Waals surface area contributed by atoms with E-state index in [4.69, 9.17) is 10.8 Å². The summed E-state index contributed by atoms with van der Waals surface area (Å²) in [4.78, 5) is 11.1. The Morgan fingerprint density at radius 1 is 1.50 bits per heavy atom. The third kappa shape index (κ3) is 3.52. The Bertz CT molecular complexity index is 552. The van der Waals surface area contributed by atoms with E-state index in [0.29, 0.717) is 5.56 Å². The number of primary amides is 1. The monoisotopic (exact) mass is 272 g/mol. The fourth-order valence-corrected chi connectivity index (χ4v) is 2.49. The average Bonchev–Trinajstić information content (AvgIpc) is 2.26. The summed E-state index contributed by atoms with van der Waals surface area (Å²) in [6.45, 7) is 3.04. The second-order valence-corrected chi connectivity index (χ2v) is 5.81. The highest BCUT2D eigenvalue weighted by Gasteiger charge is 2.17. The third-order valence-electron chi connectivity index (χ3n) is 2.35. The SMILES string of the molecule is Cc1ccc(S(=O)(=O)NC[C@@H](C)O)cc1C(N)=O. The van der Waals surface area contributed by atoms with E-state index in [0.717, 1.165) is 0 Å². The number of aliphatic hydroxyl groups excluding tert-OH is 1. The number of nitrogens with two attached hydrogens (primary N) is 1. The molecule has 1 rings (SSSR count). The van der Waals surface area contributed by atoms with Gasteiger partial charge in [0.1, 0.15) is 0 Å². The van der Waals surface area contributed by atoms with E-state index >= 15 is 0 Å². The number of aryl methyl sites for hydroxylation is 1. The maximum absolute atomic E-state index is 11.8. The molecule has 1 atom stereocenters. The summed E-state index contributed by atoms with van der Waals surface area (Å²) >= 11 is 0. The maximum atomic E-state index is 11.8. The van der Waals surface area contributed by atoms with Crippen LogP contribution in [-0.2, 0) is 10.0 Å². The largest absolute Gasteiger partial charge is 0.392 e. The highest BCUT2D eigenvalue weighted by molar-refractivity contribution is 7.89. The molecule has 0 spiro atoms. The van der Waals surface area contributed by atoms with Crippen LogP contribution in [0.15, 0.2) is 23.1 Å². The lowest BCUT2D eigenvalue weighted by molar-refractivity contribution is 0.0999. The number of amides is 1. The zero-order valence-electron chi connectivity index (χ0n) is 10.2. The average molecular weight is 272 g/mol. The summed E-state index contributed by atoms with van der Waals surface area (Å²) in [6.07, 6.45) is -0.791. The minimum Gasteiger partial charge on any atom is -0.392 e. The number of aliphatic hydroxyl groups is 1. The van der Waals surface area contributed by atoms with Crippen molar-refractivity contribution < 1.29 is 18.3 Å². The second kappa shape index (κ2) is 5.47. The summed E-state index contributed by atoms with van der Waals surface area (Å²) in [5.74, 6) is -0.680. The van der Waals surface area contributed by atoms with E-state index in [2.05, 4.69) is 4.72 Å². The van der Waals surface area contributed by atoms with Gasteiger partial charge in [0.15, 0.2) is 0 Å². The minimum atomic E-state index is -3.75. The number of carbonyl (C=O) groups excluding carboxylic acids is 1. The van der Waals surface area contributed by atoms with Crippen LogP contribution in [0.4, 0.5) is 0 Å². The molecule has 100 valence electrons. The van der Waals surface area contributed by atoms with Gasteiger partial charge in [-0.25, -0.2) is 13.1 Å². The van der Waals surface area contributed by atoms with Crippen LogP contribution in [0.2, 0.25) is 0 Å². The van der Waals surface area contributed by atoms with E-state index in [1.807, 2.05) is 0 Å². The van der Waals surface area contributed by atoms with Crippen LogP contribution in [0.5, 0.6) is 0 Å². The van der Waals surface area contributed by atoms with E-state index in [-0.39, 0.29) is 17.0 Å². The molecule has 1 amide bonds. The fourth-order valence-electron chi connectivity index (χ4n) is 1.35. The van der Waals surface area contributed by atoms with Gasteiger partial charge in [0, 0.05) is 12.1 Å². The first-order chi connectivity index (χ1) is 8.24. The van der Waals surface area contributed by atoms with Gasteiger partial charge >= 0.3 is 0 Å². The molecule has 0 unspecified atom stereocenters. The van der Waals surface area contributed by atoms with Crippen molar-refractivity contribution in [2.75, 3.05) is 6.54 Å². The summed E-state index contributed by atoms with van der Waals surface area (Å²) < 4.78 is 25.9. The first-order valence-electron chi connectivity index (χ1n) is 5.32. The standard InChI is InChI=1S/C11H16N2O4S/c1-7-3-4-9(5-10(7)11(12)15)18(16,17)13-6-8(2)14/h3-5,8,13-14H,6H2,1-2H3,(H2,12,15)/t8-/m1/s1. The molecular weight excluding hydrogens is 256 g/mol. The molecule has 1 aromatic carbocycles. The van der Waals surface area contributed by atoms with Crippen molar-refractivity contribution in [2.24, 2.45) is 5.73 Å². The Kier molecular flexibility index (Phi) is 4.44. The quantitative estimate of drug-likeness (QED) is 0.686. The molecule has 0 aliphatic rings. The lowest BCUT2D eigenvalue weighted by atomic mass is 10.1. The molecule has 0 fully saturated rings. The Labute approximate surface area is 106 Å². The highest BCUT2D eigenvalue weighted by Crippen LogP contribution is 2.15. The Morgan fingerprint density at radius 2 is 2.11 bits per heavy atom. The molecule has 0 saturated carbocycles. The molecule has 0 aliphatic heterocycles. The maximum Gasteiger partial charge on any atom is 0.249 e. The number of carbonyl (C=O) groups is 1. The van der Waals surface area contributed by atoms with Crippen molar-refractivity contribution in [1.82, 2.24) is 4.72 Å². The lowest BCUT2D eigenvalue weighted by Gasteiger charge is -2.10. The van der Waals surface area contributed by atoms with Gasteiger partial charge in [-0.2, -0.15) is 0 Å². The number of nitrogens with one attached hydrogen (secondary N) is 1. The van der Waals surface area contributed by atoms with Crippen molar-refractivity contribution in [2.45, 2.75) is 24.8 Å². The third-order valence-corrected chi connectivity index (χ3v) is 3.77. The number of hydrogen-bond donors (Lipinski definition) is 3. The first-order valence-corrected chi connectivity index (χ1v) is 6.80. The highest BCUT2D eigenvalue weighted by atomic mass is 32.2. The van der Waals surface area contributed by atoms with E-state index in [1.165, 1.54) is 25.1 Å². The van der Waals surface area contributed by atoms with Crippen LogP contribution >= 0.6 is 0 Å². The van der Waals surface area contributed by atoms with Gasteiger partial charge in [0.25, 0.3) is 0 Å². The Morgan fingerprint density at radius 3 is 2.61 bits per heavy atom. The van der Waals surface area contributed by atoms with Crippen molar-refractivity contribution in [1.29, 1.82) is 0 Å². The van der Waals surface area contributed by atoms with E-state index in [9.17, 15) is 13.2 Å². The second-order valence-electron chi connectivity index (χ2n) is 4.04. The molecule has 6 nitrogen and oxygen atoms in total. The smallest absolute Gasteiger partial charge is 0.249 e. The van der Waals surface area contributed by atoms with Crippen LogP contribution in [0.1, 0.15) is 22.8 Å². The van der Waals surface area contributed by atoms with Crippen LogP contribution in [0, 0.1) is 6.92 Å². The Hall–Kier alpha value is -1.44. The summed E-state index contributed by atoms with van der Waals surface area (Å²) in [6, 6.07) is 4.12. The number of rotatable bonds is 5. The summed E-state index contributed by atoms with van der Waals surface area (Å²) in [5, 5.41) is 9.05. The predicted octanol–water partition coefficient (Wildman–Crippen LogP) is -0.247. The van der Waals surface area contributed by atoms with Crippen LogP contribution in [0.25, 0.3) is 0 Å². The molecule has 0 saturated heterocycles. The first kappa shape index (κ1) is 14.6. The van der Waals surface area contributed by atoms with E-state index < -0.39 is 22.0 Å². The summed E-state index contributed by atoms with van der Waals surface area (Å²) in [7, 11) is -3.75. The molecular formula is C11H16N2O4S. The molecule has 7 heteroatoms. The lowest BCUT2D eigenvalue weighted by Crippen LogP contribution is -2.30. The van der Waals surface area contributed by atoms with Gasteiger partial charge in [-0.1, -0.05) is 6.07 Å². The number of sulfonamides is 1. The molecule has 0 heterocycles. The van der Waals surface area contributed by atoms with Gasteiger partial charge < -0.3 is 10.8 Å². The van der Waals surface area contributed by atoms with Gasteiger partial charge in [-0.05, 0) is 31.5 Å². The van der Waals surface area contributed by atoms with Gasteiger partial charge in [0.05, 0.1) is 11.0 Å². The van der Waals surface area contributed by atoms with Crippen LogP contribution in [-0.4, -0.2) is 32.1 Å². The van der Waals surface area contributed by atoms with Crippen LogP contribution < -0.4 is 10.5 Å². The topological polar surface area (TPSA) is 109 Å².